The smallest absolute Gasteiger partial charge is 0.288 e. The molecule has 24 heavy (non-hydrogen) atoms. The summed E-state index contributed by atoms with van der Waals surface area (Å²) in [6, 6.07) is 1.19. The van der Waals surface area contributed by atoms with Crippen LogP contribution in [0.25, 0.3) is 0 Å². The minimum Gasteiger partial charge on any atom is -0.383 e. The molecule has 1 aromatic heterocycles. The summed E-state index contributed by atoms with van der Waals surface area (Å²) in [6.07, 6.45) is 1.06. The lowest BCUT2D eigenvalue weighted by atomic mass is 10.2. The van der Waals surface area contributed by atoms with E-state index in [0.29, 0.717) is 31.4 Å². The van der Waals surface area contributed by atoms with Gasteiger partial charge in [0.05, 0.1) is 17.0 Å². The Kier molecular flexibility index (Phi) is 4.56. The molecule has 9 nitrogen and oxygen atoms in total. The Labute approximate surface area is 143 Å². The van der Waals surface area contributed by atoms with E-state index in [1.807, 2.05) is 0 Å². The molecule has 128 valence electrons. The molecule has 3 rings (SSSR count). The number of rotatable bonds is 2. The number of piperazine rings is 1. The van der Waals surface area contributed by atoms with Crippen molar-refractivity contribution < 1.29 is 9.72 Å². The lowest BCUT2D eigenvalue weighted by Crippen LogP contribution is -2.50. The van der Waals surface area contributed by atoms with Gasteiger partial charge in [-0.2, -0.15) is 0 Å². The fraction of sp³-hybridized carbons (Fsp3) is 0.500. The Morgan fingerprint density at radius 1 is 1.42 bits per heavy atom. The molecule has 0 aromatic carbocycles. The largest absolute Gasteiger partial charge is 0.383 e. The number of amides is 1. The maximum Gasteiger partial charge on any atom is 0.288 e. The molecule has 0 saturated carbocycles. The van der Waals surface area contributed by atoms with Crippen LogP contribution in [0.1, 0.15) is 17.3 Å². The van der Waals surface area contributed by atoms with E-state index in [1.165, 1.54) is 6.07 Å². The van der Waals surface area contributed by atoms with E-state index in [4.69, 9.17) is 5.73 Å². The zero-order valence-corrected chi connectivity index (χ0v) is 14.0. The standard InChI is InChI=1S/C14H18N6O3S/c1-9-7-17-14(24-9)19-4-2-18(3-5-19)13(21)11-6-10(20(22)23)8-16-12(11)15/h6,8-9H,2-5,7H2,1H3,(H2,15,16)/t9-/m1/s1. The quantitative estimate of drug-likeness (QED) is 0.619. The second-order valence-corrected chi connectivity index (χ2v) is 7.12. The van der Waals surface area contributed by atoms with Crippen LogP contribution in [0.15, 0.2) is 17.3 Å². The van der Waals surface area contributed by atoms with E-state index in [2.05, 4.69) is 21.8 Å². The number of nitrogen functional groups attached to an aromatic ring is 1. The van der Waals surface area contributed by atoms with Gasteiger partial charge in [-0.25, -0.2) is 4.98 Å². The molecule has 1 atom stereocenters. The zero-order valence-electron chi connectivity index (χ0n) is 13.2. The van der Waals surface area contributed by atoms with Crippen LogP contribution in [0.5, 0.6) is 0 Å². The van der Waals surface area contributed by atoms with Crippen LogP contribution >= 0.6 is 11.8 Å². The molecular formula is C14H18N6O3S. The maximum absolute atomic E-state index is 12.6. The molecule has 0 spiro atoms. The fourth-order valence-corrected chi connectivity index (χ4v) is 3.63. The maximum atomic E-state index is 12.6. The lowest BCUT2D eigenvalue weighted by Gasteiger charge is -2.35. The number of aliphatic imine (C=N–C) groups is 1. The number of nitro groups is 1. The summed E-state index contributed by atoms with van der Waals surface area (Å²) in [6.45, 7) is 5.39. The fourth-order valence-electron chi connectivity index (χ4n) is 2.64. The molecule has 0 bridgehead atoms. The minimum atomic E-state index is -0.586. The number of anilines is 1. The highest BCUT2D eigenvalue weighted by Gasteiger charge is 2.28. The number of carbonyl (C=O) groups excluding carboxylic acids is 1. The van der Waals surface area contributed by atoms with Crippen molar-refractivity contribution in [1.29, 1.82) is 0 Å². The first-order valence-electron chi connectivity index (χ1n) is 7.61. The van der Waals surface area contributed by atoms with E-state index in [9.17, 15) is 14.9 Å². The first-order valence-corrected chi connectivity index (χ1v) is 8.49. The van der Waals surface area contributed by atoms with Crippen LogP contribution in [0, 0.1) is 10.1 Å². The second-order valence-electron chi connectivity index (χ2n) is 5.71. The Bertz CT molecular complexity index is 702. The summed E-state index contributed by atoms with van der Waals surface area (Å²) in [5.41, 5.74) is 5.57. The van der Waals surface area contributed by atoms with Crippen molar-refractivity contribution in [2.45, 2.75) is 12.2 Å². The molecule has 2 N–H and O–H groups in total. The monoisotopic (exact) mass is 350 g/mol. The molecule has 1 saturated heterocycles. The number of nitrogens with two attached hydrogens (primary N) is 1. The average Bonchev–Trinajstić information content (AvgIpc) is 3.01. The molecule has 1 fully saturated rings. The van der Waals surface area contributed by atoms with Gasteiger partial charge < -0.3 is 15.5 Å². The molecule has 1 aromatic rings. The van der Waals surface area contributed by atoms with E-state index >= 15 is 0 Å². The van der Waals surface area contributed by atoms with Crippen LogP contribution in [-0.4, -0.2) is 68.8 Å². The number of aromatic nitrogens is 1. The van der Waals surface area contributed by atoms with Gasteiger partial charge >= 0.3 is 0 Å². The molecule has 10 heteroatoms. The highest BCUT2D eigenvalue weighted by atomic mass is 32.2. The Morgan fingerprint density at radius 3 is 2.71 bits per heavy atom. The average molecular weight is 350 g/mol. The van der Waals surface area contributed by atoms with E-state index in [-0.39, 0.29) is 23.0 Å². The van der Waals surface area contributed by atoms with Crippen molar-refractivity contribution in [2.24, 2.45) is 4.99 Å². The zero-order chi connectivity index (χ0) is 17.3. The van der Waals surface area contributed by atoms with Gasteiger partial charge in [-0.15, -0.1) is 0 Å². The lowest BCUT2D eigenvalue weighted by molar-refractivity contribution is -0.385. The van der Waals surface area contributed by atoms with E-state index in [1.54, 1.807) is 16.7 Å². The second kappa shape index (κ2) is 6.63. The Morgan fingerprint density at radius 2 is 2.12 bits per heavy atom. The number of carbonyl (C=O) groups is 1. The third kappa shape index (κ3) is 3.28. The number of amidine groups is 1. The minimum absolute atomic E-state index is 0.0116. The van der Waals surface area contributed by atoms with Crippen LogP contribution in [0.2, 0.25) is 0 Å². The summed E-state index contributed by atoms with van der Waals surface area (Å²) in [7, 11) is 0. The predicted octanol–water partition coefficient (Wildman–Crippen LogP) is 0.821. The highest BCUT2D eigenvalue weighted by Crippen LogP contribution is 2.24. The molecule has 2 aliphatic heterocycles. The first-order chi connectivity index (χ1) is 11.5. The third-order valence-electron chi connectivity index (χ3n) is 3.97. The highest BCUT2D eigenvalue weighted by molar-refractivity contribution is 8.14. The summed E-state index contributed by atoms with van der Waals surface area (Å²) in [4.78, 5) is 35.0. The van der Waals surface area contributed by atoms with Crippen LogP contribution in [0.4, 0.5) is 11.5 Å². The number of hydrogen-bond acceptors (Lipinski definition) is 8. The van der Waals surface area contributed by atoms with Gasteiger partial charge in [0.15, 0.2) is 5.17 Å². The van der Waals surface area contributed by atoms with Crippen molar-refractivity contribution in [2.75, 3.05) is 38.5 Å². The topological polar surface area (TPSA) is 118 Å². The molecular weight excluding hydrogens is 332 g/mol. The van der Waals surface area contributed by atoms with E-state index < -0.39 is 4.92 Å². The molecule has 3 heterocycles. The SMILES string of the molecule is C[C@@H]1CN=C(N2CCN(C(=O)c3cc([N+](=O)[O-])cnc3N)CC2)S1. The predicted molar refractivity (Wildman–Crippen MR) is 92.1 cm³/mol. The number of hydrogen-bond donors (Lipinski definition) is 1. The molecule has 0 unspecified atom stereocenters. The van der Waals surface area contributed by atoms with E-state index in [0.717, 1.165) is 17.9 Å². The molecule has 1 amide bonds. The van der Waals surface area contributed by atoms with Gasteiger partial charge in [0.1, 0.15) is 12.0 Å². The van der Waals surface area contributed by atoms with Gasteiger partial charge in [-0.3, -0.25) is 19.9 Å². The van der Waals surface area contributed by atoms with Crippen LogP contribution < -0.4 is 5.73 Å². The Balaban J connectivity index is 1.67. The third-order valence-corrected chi connectivity index (χ3v) is 5.12. The van der Waals surface area contributed by atoms with Crippen LogP contribution in [0.3, 0.4) is 0 Å². The van der Waals surface area contributed by atoms with Crippen molar-refractivity contribution in [3.8, 4) is 0 Å². The van der Waals surface area contributed by atoms with Gasteiger partial charge in [0.2, 0.25) is 0 Å². The van der Waals surface area contributed by atoms with Gasteiger partial charge in [0, 0.05) is 37.5 Å². The normalized spacial score (nSPS) is 20.9. The summed E-state index contributed by atoms with van der Waals surface area (Å²) < 4.78 is 0. The summed E-state index contributed by atoms with van der Waals surface area (Å²) >= 11 is 1.75. The van der Waals surface area contributed by atoms with Crippen molar-refractivity contribution in [3.05, 3.63) is 27.9 Å². The van der Waals surface area contributed by atoms with Crippen LogP contribution in [-0.2, 0) is 0 Å². The summed E-state index contributed by atoms with van der Waals surface area (Å²) in [5.74, 6) is -0.310. The first kappa shape index (κ1) is 16.5. The molecule has 2 aliphatic rings. The van der Waals surface area contributed by atoms with Crippen molar-refractivity contribution in [3.63, 3.8) is 0 Å². The number of pyridine rings is 1. The summed E-state index contributed by atoms with van der Waals surface area (Å²) in [5, 5.41) is 12.4. The van der Waals surface area contributed by atoms with Gasteiger partial charge in [0.25, 0.3) is 11.6 Å². The van der Waals surface area contributed by atoms with Crippen molar-refractivity contribution >= 4 is 34.3 Å². The molecule has 0 radical (unpaired) electrons. The number of nitrogens with zero attached hydrogens (tertiary/aromatic N) is 5. The van der Waals surface area contributed by atoms with Crippen molar-refractivity contribution in [1.82, 2.24) is 14.8 Å². The number of thioether (sulfide) groups is 1. The molecule has 0 aliphatic carbocycles. The van der Waals surface area contributed by atoms with Gasteiger partial charge in [-0.05, 0) is 0 Å². The van der Waals surface area contributed by atoms with Gasteiger partial charge in [-0.1, -0.05) is 18.7 Å². The Hall–Kier alpha value is -2.36.